The number of nitrogens with two attached hydrogens (primary N) is 1. The fourth-order valence-corrected chi connectivity index (χ4v) is 2.47. The summed E-state index contributed by atoms with van der Waals surface area (Å²) in [5.74, 6) is 7.24. The number of carbonyl (C=O) groups excluding carboxylic acids is 1. The van der Waals surface area contributed by atoms with E-state index in [2.05, 4.69) is 24.1 Å². The summed E-state index contributed by atoms with van der Waals surface area (Å²) in [5, 5.41) is 2.88. The van der Waals surface area contributed by atoms with Gasteiger partial charge in [-0.1, -0.05) is 6.92 Å². The van der Waals surface area contributed by atoms with Crippen LogP contribution in [0.4, 0.5) is 4.79 Å². The summed E-state index contributed by atoms with van der Waals surface area (Å²) in [6, 6.07) is 0. The maximum absolute atomic E-state index is 12.1. The van der Waals surface area contributed by atoms with Crippen LogP contribution in [0.5, 0.6) is 0 Å². The van der Waals surface area contributed by atoms with Gasteiger partial charge in [-0.15, -0.1) is 11.8 Å². The molecule has 3 N–H and O–H groups in total. The second-order valence-corrected chi connectivity index (χ2v) is 8.03. The minimum atomic E-state index is -0.512. The first-order valence-corrected chi connectivity index (χ1v) is 8.90. The van der Waals surface area contributed by atoms with Crippen LogP contribution in [0.1, 0.15) is 60.3 Å². The molecule has 0 saturated heterocycles. The van der Waals surface area contributed by atoms with Gasteiger partial charge in [-0.2, -0.15) is 0 Å². The van der Waals surface area contributed by atoms with Crippen molar-refractivity contribution < 1.29 is 14.3 Å². The Kier molecular flexibility index (Phi) is 8.05. The number of hydrogen-bond acceptors (Lipinski definition) is 4. The van der Waals surface area contributed by atoms with Crippen LogP contribution in [0.15, 0.2) is 0 Å². The smallest absolute Gasteiger partial charge is 0.407 e. The van der Waals surface area contributed by atoms with Gasteiger partial charge in [0.2, 0.25) is 0 Å². The molecule has 2 unspecified atom stereocenters. The minimum absolute atomic E-state index is 0.376. The Labute approximate surface area is 147 Å². The van der Waals surface area contributed by atoms with E-state index in [4.69, 9.17) is 15.2 Å². The topological polar surface area (TPSA) is 73.6 Å². The maximum atomic E-state index is 12.1. The lowest BCUT2D eigenvalue weighted by Gasteiger charge is -2.32. The summed E-state index contributed by atoms with van der Waals surface area (Å²) < 4.78 is 11.2. The van der Waals surface area contributed by atoms with E-state index >= 15 is 0 Å². The zero-order valence-corrected chi connectivity index (χ0v) is 15.9. The molecular weight excluding hydrogens is 304 g/mol. The van der Waals surface area contributed by atoms with Crippen molar-refractivity contribution in [3.05, 3.63) is 0 Å². The van der Waals surface area contributed by atoms with Crippen LogP contribution >= 0.6 is 0 Å². The van der Waals surface area contributed by atoms with Crippen molar-refractivity contribution in [1.29, 1.82) is 0 Å². The molecule has 2 atom stereocenters. The van der Waals surface area contributed by atoms with Gasteiger partial charge in [-0.25, -0.2) is 4.79 Å². The van der Waals surface area contributed by atoms with Gasteiger partial charge in [0.25, 0.3) is 0 Å². The Balaban J connectivity index is 2.40. The Morgan fingerprint density at radius 2 is 1.83 bits per heavy atom. The molecule has 138 valence electrons. The van der Waals surface area contributed by atoms with Crippen LogP contribution in [0, 0.1) is 23.7 Å². The molecule has 0 spiro atoms. The SMILES string of the molecule is CC1CCC#CCCC1COC(=O)NC(C)(C)COC(C)(C)CN. The minimum Gasteiger partial charge on any atom is -0.449 e. The van der Waals surface area contributed by atoms with Crippen LogP contribution in [0.3, 0.4) is 0 Å². The highest BCUT2D eigenvalue weighted by molar-refractivity contribution is 5.68. The molecule has 0 fully saturated rings. The lowest BCUT2D eigenvalue weighted by Crippen LogP contribution is -2.50. The van der Waals surface area contributed by atoms with Gasteiger partial charge in [-0.05, 0) is 52.4 Å². The second-order valence-electron chi connectivity index (χ2n) is 8.03. The first kappa shape index (κ1) is 20.8. The largest absolute Gasteiger partial charge is 0.449 e. The number of hydrogen-bond donors (Lipinski definition) is 2. The number of amides is 1. The molecule has 1 rings (SSSR count). The summed E-state index contributed by atoms with van der Waals surface area (Å²) >= 11 is 0. The fourth-order valence-electron chi connectivity index (χ4n) is 2.47. The lowest BCUT2D eigenvalue weighted by atomic mass is 9.86. The molecule has 0 bridgehead atoms. The molecule has 1 amide bonds. The van der Waals surface area contributed by atoms with Crippen molar-refractivity contribution in [2.75, 3.05) is 19.8 Å². The monoisotopic (exact) mass is 338 g/mol. The quantitative estimate of drug-likeness (QED) is 0.700. The van der Waals surface area contributed by atoms with Crippen molar-refractivity contribution in [3.63, 3.8) is 0 Å². The molecular formula is C19H34N2O3. The van der Waals surface area contributed by atoms with Gasteiger partial charge >= 0.3 is 6.09 Å². The van der Waals surface area contributed by atoms with E-state index in [1.165, 1.54) is 0 Å². The normalized spacial score (nSPS) is 21.9. The molecule has 1 aliphatic rings. The maximum Gasteiger partial charge on any atom is 0.407 e. The molecule has 24 heavy (non-hydrogen) atoms. The average molecular weight is 338 g/mol. The number of nitrogens with one attached hydrogen (secondary N) is 1. The van der Waals surface area contributed by atoms with E-state index in [1.807, 2.05) is 27.7 Å². The van der Waals surface area contributed by atoms with E-state index in [9.17, 15) is 4.79 Å². The van der Waals surface area contributed by atoms with E-state index in [-0.39, 0.29) is 0 Å². The highest BCUT2D eigenvalue weighted by atomic mass is 16.5. The molecule has 0 aliphatic heterocycles. The zero-order chi connectivity index (χ0) is 18.2. The predicted molar refractivity (Wildman–Crippen MR) is 96.5 cm³/mol. The van der Waals surface area contributed by atoms with Gasteiger partial charge < -0.3 is 20.5 Å². The third kappa shape index (κ3) is 8.03. The molecule has 1 aliphatic carbocycles. The number of rotatable bonds is 7. The van der Waals surface area contributed by atoms with Gasteiger partial charge in [0.1, 0.15) is 0 Å². The lowest BCUT2D eigenvalue weighted by molar-refractivity contribution is -0.0362. The Morgan fingerprint density at radius 3 is 2.46 bits per heavy atom. The van der Waals surface area contributed by atoms with Gasteiger partial charge in [0, 0.05) is 19.4 Å². The Hall–Kier alpha value is -1.25. The Morgan fingerprint density at radius 1 is 1.21 bits per heavy atom. The molecule has 5 nitrogen and oxygen atoms in total. The number of alkyl carbamates (subject to hydrolysis) is 1. The summed E-state index contributed by atoms with van der Waals surface area (Å²) in [6.45, 7) is 11.1. The zero-order valence-electron chi connectivity index (χ0n) is 15.9. The molecule has 0 heterocycles. The highest BCUT2D eigenvalue weighted by Gasteiger charge is 2.27. The highest BCUT2D eigenvalue weighted by Crippen LogP contribution is 2.24. The molecule has 0 aromatic carbocycles. The van der Waals surface area contributed by atoms with Gasteiger partial charge in [0.05, 0.1) is 24.4 Å². The predicted octanol–water partition coefficient (Wildman–Crippen LogP) is 3.07. The standard InChI is InChI=1S/C19H34N2O3/c1-15-10-8-6-7-9-11-16(15)12-23-17(22)21-18(2,3)14-24-19(4,5)13-20/h15-16H,8-14,20H2,1-5H3,(H,21,22). The van der Waals surface area contributed by atoms with E-state index < -0.39 is 17.2 Å². The first-order valence-electron chi connectivity index (χ1n) is 8.90. The molecule has 0 aromatic rings. The third-order valence-corrected chi connectivity index (χ3v) is 4.48. The Bertz CT molecular complexity index is 463. The summed E-state index contributed by atoms with van der Waals surface area (Å²) in [5.41, 5.74) is 4.74. The van der Waals surface area contributed by atoms with Crippen LogP contribution < -0.4 is 11.1 Å². The number of ether oxygens (including phenoxy) is 2. The van der Waals surface area contributed by atoms with Crippen LogP contribution in [0.25, 0.3) is 0 Å². The number of carbonyl (C=O) groups is 1. The molecule has 5 heteroatoms. The van der Waals surface area contributed by atoms with Gasteiger partial charge in [0.15, 0.2) is 0 Å². The van der Waals surface area contributed by atoms with Crippen molar-refractivity contribution in [1.82, 2.24) is 5.32 Å². The summed E-state index contributed by atoms with van der Waals surface area (Å²) in [4.78, 5) is 12.1. The fraction of sp³-hybridized carbons (Fsp3) is 0.842. The molecule has 0 radical (unpaired) electrons. The van der Waals surface area contributed by atoms with Crippen molar-refractivity contribution >= 4 is 6.09 Å². The van der Waals surface area contributed by atoms with Crippen molar-refractivity contribution in [2.24, 2.45) is 17.6 Å². The van der Waals surface area contributed by atoms with E-state index in [0.29, 0.717) is 31.6 Å². The van der Waals surface area contributed by atoms with Crippen LogP contribution in [0.2, 0.25) is 0 Å². The second kappa shape index (κ2) is 9.29. The van der Waals surface area contributed by atoms with Crippen molar-refractivity contribution in [3.8, 4) is 11.8 Å². The van der Waals surface area contributed by atoms with Crippen LogP contribution in [-0.2, 0) is 9.47 Å². The third-order valence-electron chi connectivity index (χ3n) is 4.48. The summed E-state index contributed by atoms with van der Waals surface area (Å²) in [7, 11) is 0. The van der Waals surface area contributed by atoms with Crippen molar-refractivity contribution in [2.45, 2.75) is 71.4 Å². The van der Waals surface area contributed by atoms with Crippen LogP contribution in [-0.4, -0.2) is 37.0 Å². The van der Waals surface area contributed by atoms with E-state index in [1.54, 1.807) is 0 Å². The first-order chi connectivity index (χ1) is 11.2. The molecule has 0 saturated carbocycles. The average Bonchev–Trinajstić information content (AvgIpc) is 2.48. The summed E-state index contributed by atoms with van der Waals surface area (Å²) in [6.07, 6.45) is 3.47. The molecule has 0 aromatic heterocycles. The van der Waals surface area contributed by atoms with E-state index in [0.717, 1.165) is 25.7 Å². The van der Waals surface area contributed by atoms with Gasteiger partial charge in [-0.3, -0.25) is 0 Å².